The van der Waals surface area contributed by atoms with Crippen molar-refractivity contribution in [1.29, 1.82) is 0 Å². The smallest absolute Gasteiger partial charge is 0.135 e. The number of hydrogen-bond acceptors (Lipinski definition) is 4. The molecule has 0 amide bonds. The van der Waals surface area contributed by atoms with Crippen LogP contribution in [-0.4, -0.2) is 29.0 Å². The van der Waals surface area contributed by atoms with E-state index in [1.165, 1.54) is 0 Å². The number of furan rings is 1. The van der Waals surface area contributed by atoms with Crippen molar-refractivity contribution in [3.8, 4) is 0 Å². The van der Waals surface area contributed by atoms with Crippen molar-refractivity contribution < 1.29 is 14.6 Å². The predicted octanol–water partition coefficient (Wildman–Crippen LogP) is 2.42. The van der Waals surface area contributed by atoms with E-state index in [1.807, 2.05) is 42.5 Å². The van der Waals surface area contributed by atoms with Gasteiger partial charge >= 0.3 is 0 Å². The molecule has 0 bridgehead atoms. The van der Waals surface area contributed by atoms with Gasteiger partial charge in [0.1, 0.15) is 11.2 Å². The molecule has 4 heteroatoms. The summed E-state index contributed by atoms with van der Waals surface area (Å²) < 4.78 is 5.85. The van der Waals surface area contributed by atoms with E-state index in [0.717, 1.165) is 27.5 Å². The Morgan fingerprint density at radius 2 is 1.71 bits per heavy atom. The van der Waals surface area contributed by atoms with Crippen molar-refractivity contribution in [2.24, 2.45) is 0 Å². The molecule has 4 nitrogen and oxygen atoms in total. The number of benzene rings is 2. The fourth-order valence-electron chi connectivity index (χ4n) is 2.47. The lowest BCUT2D eigenvalue weighted by Gasteiger charge is -2.26. The van der Waals surface area contributed by atoms with E-state index >= 15 is 0 Å². The average molecular weight is 285 g/mol. The Kier molecular flexibility index (Phi) is 3.68. The third-order valence-corrected chi connectivity index (χ3v) is 3.89. The summed E-state index contributed by atoms with van der Waals surface area (Å²) in [5.74, 6) is 0. The molecule has 0 unspecified atom stereocenters. The van der Waals surface area contributed by atoms with Crippen LogP contribution < -0.4 is 5.32 Å². The first-order valence-electron chi connectivity index (χ1n) is 7.03. The van der Waals surface area contributed by atoms with E-state index in [9.17, 15) is 10.2 Å². The van der Waals surface area contributed by atoms with E-state index in [1.54, 1.807) is 6.92 Å². The maximum Gasteiger partial charge on any atom is 0.135 e. The van der Waals surface area contributed by atoms with Crippen molar-refractivity contribution >= 4 is 21.9 Å². The molecule has 0 saturated heterocycles. The number of aliphatic hydroxyl groups excluding tert-OH is 2. The topological polar surface area (TPSA) is 65.6 Å². The third kappa shape index (κ3) is 2.53. The molecule has 1 heterocycles. The monoisotopic (exact) mass is 285 g/mol. The normalized spacial score (nSPS) is 12.3. The zero-order valence-corrected chi connectivity index (χ0v) is 12.0. The molecule has 0 fully saturated rings. The quantitative estimate of drug-likeness (QED) is 0.673. The SMILES string of the molecule is CC(CO)(CO)NCc1cccc2oc3ccccc3c12. The maximum absolute atomic E-state index is 9.37. The highest BCUT2D eigenvalue weighted by molar-refractivity contribution is 6.06. The Morgan fingerprint density at radius 3 is 2.48 bits per heavy atom. The van der Waals surface area contributed by atoms with Gasteiger partial charge in [-0.25, -0.2) is 0 Å². The highest BCUT2D eigenvalue weighted by Gasteiger charge is 2.22. The zero-order valence-electron chi connectivity index (χ0n) is 12.0. The van der Waals surface area contributed by atoms with Gasteiger partial charge in [0.2, 0.25) is 0 Å². The molecule has 0 aliphatic rings. The first kappa shape index (κ1) is 14.1. The van der Waals surface area contributed by atoms with Gasteiger partial charge in [0.25, 0.3) is 0 Å². The van der Waals surface area contributed by atoms with Crippen LogP contribution in [0.3, 0.4) is 0 Å². The Balaban J connectivity index is 2.02. The van der Waals surface area contributed by atoms with E-state index in [4.69, 9.17) is 4.42 Å². The molecule has 3 rings (SSSR count). The summed E-state index contributed by atoms with van der Waals surface area (Å²) in [6.07, 6.45) is 0. The van der Waals surface area contributed by atoms with Crippen LogP contribution in [0.4, 0.5) is 0 Å². The fourth-order valence-corrected chi connectivity index (χ4v) is 2.47. The molecule has 1 aromatic heterocycles. The van der Waals surface area contributed by atoms with Gasteiger partial charge in [0.15, 0.2) is 0 Å². The zero-order chi connectivity index (χ0) is 14.9. The molecule has 0 saturated carbocycles. The maximum atomic E-state index is 9.37. The van der Waals surface area contributed by atoms with Crippen LogP contribution in [0.5, 0.6) is 0 Å². The van der Waals surface area contributed by atoms with Crippen molar-refractivity contribution in [2.45, 2.75) is 19.0 Å². The fraction of sp³-hybridized carbons (Fsp3) is 0.294. The van der Waals surface area contributed by atoms with Gasteiger partial charge in [0, 0.05) is 17.3 Å². The van der Waals surface area contributed by atoms with Crippen LogP contribution in [0.25, 0.3) is 21.9 Å². The van der Waals surface area contributed by atoms with Crippen molar-refractivity contribution in [2.75, 3.05) is 13.2 Å². The number of fused-ring (bicyclic) bond motifs is 3. The summed E-state index contributed by atoms with van der Waals surface area (Å²) >= 11 is 0. The minimum atomic E-state index is -0.693. The summed E-state index contributed by atoms with van der Waals surface area (Å²) in [7, 11) is 0. The van der Waals surface area contributed by atoms with Crippen LogP contribution in [0.1, 0.15) is 12.5 Å². The van der Waals surface area contributed by atoms with E-state index in [2.05, 4.69) is 5.32 Å². The van der Waals surface area contributed by atoms with Crippen LogP contribution >= 0.6 is 0 Å². The minimum absolute atomic E-state index is 0.119. The van der Waals surface area contributed by atoms with Gasteiger partial charge in [-0.3, -0.25) is 0 Å². The van der Waals surface area contributed by atoms with Gasteiger partial charge in [-0.1, -0.05) is 30.3 Å². The van der Waals surface area contributed by atoms with Gasteiger partial charge in [-0.15, -0.1) is 0 Å². The number of hydrogen-bond donors (Lipinski definition) is 3. The molecule has 0 spiro atoms. The van der Waals surface area contributed by atoms with Crippen molar-refractivity contribution in [3.63, 3.8) is 0 Å². The largest absolute Gasteiger partial charge is 0.456 e. The summed E-state index contributed by atoms with van der Waals surface area (Å²) in [4.78, 5) is 0. The second-order valence-electron chi connectivity index (χ2n) is 5.62. The molecule has 0 radical (unpaired) electrons. The van der Waals surface area contributed by atoms with Crippen LogP contribution in [0.2, 0.25) is 0 Å². The lowest BCUT2D eigenvalue weighted by atomic mass is 10.0. The second-order valence-corrected chi connectivity index (χ2v) is 5.62. The molecular weight excluding hydrogens is 266 g/mol. The molecule has 21 heavy (non-hydrogen) atoms. The molecule has 110 valence electrons. The Bertz CT molecular complexity index is 759. The first-order valence-corrected chi connectivity index (χ1v) is 7.03. The van der Waals surface area contributed by atoms with E-state index < -0.39 is 5.54 Å². The molecule has 0 atom stereocenters. The number of rotatable bonds is 5. The molecule has 0 aliphatic heterocycles. The number of aliphatic hydroxyl groups is 2. The standard InChI is InChI=1S/C17H19NO3/c1-17(10-19,11-20)18-9-12-5-4-8-15-16(12)13-6-2-3-7-14(13)21-15/h2-8,18-20H,9-11H2,1H3. The molecule has 3 aromatic rings. The predicted molar refractivity (Wildman–Crippen MR) is 83.1 cm³/mol. The summed E-state index contributed by atoms with van der Waals surface area (Å²) in [5.41, 5.74) is 2.12. The molecular formula is C17H19NO3. The highest BCUT2D eigenvalue weighted by Crippen LogP contribution is 2.31. The van der Waals surface area contributed by atoms with Crippen molar-refractivity contribution in [3.05, 3.63) is 48.0 Å². The summed E-state index contributed by atoms with van der Waals surface area (Å²) in [6.45, 7) is 2.11. The van der Waals surface area contributed by atoms with Gasteiger partial charge in [-0.05, 0) is 24.6 Å². The molecule has 3 N–H and O–H groups in total. The lowest BCUT2D eigenvalue weighted by molar-refractivity contribution is 0.103. The van der Waals surface area contributed by atoms with E-state index in [0.29, 0.717) is 6.54 Å². The Labute approximate surface area is 123 Å². The lowest BCUT2D eigenvalue weighted by Crippen LogP contribution is -2.48. The minimum Gasteiger partial charge on any atom is -0.456 e. The van der Waals surface area contributed by atoms with Crippen LogP contribution in [0.15, 0.2) is 46.9 Å². The second kappa shape index (κ2) is 5.48. The van der Waals surface area contributed by atoms with Crippen molar-refractivity contribution in [1.82, 2.24) is 5.32 Å². The first-order chi connectivity index (χ1) is 10.2. The molecule has 0 aliphatic carbocycles. The van der Waals surface area contributed by atoms with Crippen LogP contribution in [0, 0.1) is 0 Å². The van der Waals surface area contributed by atoms with Gasteiger partial charge in [-0.2, -0.15) is 0 Å². The Hall–Kier alpha value is -1.88. The average Bonchev–Trinajstić information content (AvgIpc) is 2.91. The van der Waals surface area contributed by atoms with Crippen LogP contribution in [-0.2, 0) is 6.54 Å². The van der Waals surface area contributed by atoms with E-state index in [-0.39, 0.29) is 13.2 Å². The van der Waals surface area contributed by atoms with Gasteiger partial charge < -0.3 is 19.9 Å². The Morgan fingerprint density at radius 1 is 1.00 bits per heavy atom. The summed E-state index contributed by atoms with van der Waals surface area (Å²) in [5, 5.41) is 24.1. The van der Waals surface area contributed by atoms with Gasteiger partial charge in [0.05, 0.1) is 18.8 Å². The third-order valence-electron chi connectivity index (χ3n) is 3.89. The highest BCUT2D eigenvalue weighted by atomic mass is 16.3. The number of nitrogens with one attached hydrogen (secondary N) is 1. The summed E-state index contributed by atoms with van der Waals surface area (Å²) in [6, 6.07) is 13.9. The molecule has 2 aromatic carbocycles. The number of para-hydroxylation sites is 1.